The van der Waals surface area contributed by atoms with Gasteiger partial charge in [0.25, 0.3) is 0 Å². The number of halogens is 1. The van der Waals surface area contributed by atoms with Crippen molar-refractivity contribution in [1.29, 1.82) is 0 Å². The van der Waals surface area contributed by atoms with Gasteiger partial charge >= 0.3 is 0 Å². The van der Waals surface area contributed by atoms with E-state index in [0.717, 1.165) is 62.1 Å². The summed E-state index contributed by atoms with van der Waals surface area (Å²) in [5.74, 6) is 1.66. The molecular weight excluding hydrogens is 465 g/mol. The molecule has 0 saturated heterocycles. The van der Waals surface area contributed by atoms with E-state index in [9.17, 15) is 9.18 Å². The largest absolute Gasteiger partial charge is 0.377 e. The zero-order chi connectivity index (χ0) is 26.6. The molecule has 5 nitrogen and oxygen atoms in total. The first-order valence-electron chi connectivity index (χ1n) is 13.6. The predicted molar refractivity (Wildman–Crippen MR) is 147 cm³/mol. The first-order chi connectivity index (χ1) is 17.7. The van der Waals surface area contributed by atoms with Crippen LogP contribution in [0.15, 0.2) is 42.5 Å². The Morgan fingerprint density at radius 3 is 2.76 bits per heavy atom. The maximum absolute atomic E-state index is 14.0. The van der Waals surface area contributed by atoms with E-state index in [1.807, 2.05) is 12.1 Å². The highest BCUT2D eigenvalue weighted by Gasteiger charge is 2.45. The van der Waals surface area contributed by atoms with E-state index in [0.29, 0.717) is 12.3 Å². The Balaban J connectivity index is 1.45. The van der Waals surface area contributed by atoms with Crippen LogP contribution in [-0.2, 0) is 29.4 Å². The summed E-state index contributed by atoms with van der Waals surface area (Å²) < 4.78 is 21.4. The number of rotatable bonds is 12. The minimum Gasteiger partial charge on any atom is -0.377 e. The van der Waals surface area contributed by atoms with E-state index in [-0.39, 0.29) is 29.5 Å². The van der Waals surface area contributed by atoms with Gasteiger partial charge in [-0.05, 0) is 98.5 Å². The molecule has 6 heteroatoms. The monoisotopic (exact) mass is 507 g/mol. The first kappa shape index (κ1) is 27.5. The number of para-hydroxylation sites is 2. The van der Waals surface area contributed by atoms with Crippen molar-refractivity contribution in [3.63, 3.8) is 0 Å². The van der Waals surface area contributed by atoms with Crippen molar-refractivity contribution >= 4 is 16.8 Å². The Kier molecular flexibility index (Phi) is 8.81. The topological polar surface area (TPSA) is 47.4 Å². The van der Waals surface area contributed by atoms with Gasteiger partial charge in [0.2, 0.25) is 0 Å². The quantitative estimate of drug-likeness (QED) is 0.304. The van der Waals surface area contributed by atoms with Gasteiger partial charge in [-0.1, -0.05) is 32.0 Å². The van der Waals surface area contributed by atoms with Gasteiger partial charge in [0, 0.05) is 27.0 Å². The summed E-state index contributed by atoms with van der Waals surface area (Å²) in [6.07, 6.45) is 5.11. The lowest BCUT2D eigenvalue weighted by atomic mass is 9.57. The number of Topliss-reactive ketones (excluding diaryl/α,β-unsaturated/α-hetero) is 1. The van der Waals surface area contributed by atoms with E-state index in [1.54, 1.807) is 19.2 Å². The van der Waals surface area contributed by atoms with E-state index < -0.39 is 0 Å². The molecule has 1 aromatic heterocycles. The Labute approximate surface area is 221 Å². The summed E-state index contributed by atoms with van der Waals surface area (Å²) in [4.78, 5) is 20.1. The van der Waals surface area contributed by atoms with Gasteiger partial charge in [0.05, 0.1) is 11.0 Å². The second-order valence-corrected chi connectivity index (χ2v) is 11.3. The van der Waals surface area contributed by atoms with E-state index in [4.69, 9.17) is 9.72 Å². The SMILES string of the molecule is COCC(=O)C[C@]1(CCN(C)CCCc2nc3ccccc3n2C)CCc2cc(F)ccc2[C@@H]1C(C)C. The normalized spacial score (nSPS) is 19.6. The van der Waals surface area contributed by atoms with Crippen LogP contribution in [0.4, 0.5) is 4.39 Å². The summed E-state index contributed by atoms with van der Waals surface area (Å²) in [7, 11) is 5.85. The van der Waals surface area contributed by atoms with Crippen LogP contribution in [0.3, 0.4) is 0 Å². The highest BCUT2D eigenvalue weighted by Crippen LogP contribution is 2.53. The number of aromatic nitrogens is 2. The molecule has 1 heterocycles. The van der Waals surface area contributed by atoms with Crippen LogP contribution < -0.4 is 0 Å². The lowest BCUT2D eigenvalue weighted by Crippen LogP contribution is -2.41. The van der Waals surface area contributed by atoms with Crippen molar-refractivity contribution in [2.45, 2.75) is 58.3 Å². The summed E-state index contributed by atoms with van der Waals surface area (Å²) in [6.45, 7) is 6.51. The molecule has 1 aliphatic rings. The molecule has 0 spiro atoms. The van der Waals surface area contributed by atoms with Crippen molar-refractivity contribution in [2.24, 2.45) is 18.4 Å². The molecule has 200 valence electrons. The van der Waals surface area contributed by atoms with Crippen molar-refractivity contribution in [1.82, 2.24) is 14.5 Å². The van der Waals surface area contributed by atoms with Gasteiger partial charge in [-0.2, -0.15) is 0 Å². The number of carbonyl (C=O) groups excluding carboxylic acids is 1. The van der Waals surface area contributed by atoms with Gasteiger partial charge in [0.15, 0.2) is 5.78 Å². The summed E-state index contributed by atoms with van der Waals surface area (Å²) in [5.41, 5.74) is 4.39. The second-order valence-electron chi connectivity index (χ2n) is 11.3. The number of nitrogens with zero attached hydrogens (tertiary/aromatic N) is 3. The molecular formula is C31H42FN3O2. The molecule has 2 aromatic carbocycles. The molecule has 2 atom stereocenters. The van der Waals surface area contributed by atoms with E-state index >= 15 is 0 Å². The number of fused-ring (bicyclic) bond motifs is 2. The van der Waals surface area contributed by atoms with E-state index in [2.05, 4.69) is 55.6 Å². The number of methoxy groups -OCH3 is 1. The molecule has 0 fully saturated rings. The summed E-state index contributed by atoms with van der Waals surface area (Å²) in [6, 6.07) is 13.5. The Hall–Kier alpha value is -2.57. The summed E-state index contributed by atoms with van der Waals surface area (Å²) in [5, 5.41) is 0. The molecule has 1 aliphatic carbocycles. The van der Waals surface area contributed by atoms with Gasteiger partial charge in [0.1, 0.15) is 18.2 Å². The van der Waals surface area contributed by atoms with Crippen molar-refractivity contribution in [3.05, 3.63) is 65.2 Å². The van der Waals surface area contributed by atoms with Crippen LogP contribution in [0.25, 0.3) is 11.0 Å². The maximum Gasteiger partial charge on any atom is 0.159 e. The first-order valence-corrected chi connectivity index (χ1v) is 13.6. The number of aryl methyl sites for hydroxylation is 3. The molecule has 0 saturated carbocycles. The molecule has 0 radical (unpaired) electrons. The van der Waals surface area contributed by atoms with Crippen LogP contribution in [0.2, 0.25) is 0 Å². The minimum absolute atomic E-state index is 0.150. The standard InChI is InChI=1S/C31H42FN3O2/c1-22(2)30-26-13-12-24(32)19-23(26)14-15-31(30,20-25(36)21-37-5)16-18-34(3)17-8-11-29-33-27-9-6-7-10-28(27)35(29)4/h6-7,9-10,12-13,19,22,30H,8,11,14-18,20-21H2,1-5H3/t30-,31+/m0/s1. The molecule has 0 aliphatic heterocycles. The van der Waals surface area contributed by atoms with Crippen molar-refractivity contribution in [2.75, 3.05) is 33.9 Å². The lowest BCUT2D eigenvalue weighted by molar-refractivity contribution is -0.126. The third-order valence-corrected chi connectivity index (χ3v) is 8.32. The number of hydrogen-bond donors (Lipinski definition) is 0. The fourth-order valence-corrected chi connectivity index (χ4v) is 6.65. The van der Waals surface area contributed by atoms with Crippen LogP contribution in [0.1, 0.15) is 62.4 Å². The van der Waals surface area contributed by atoms with Crippen LogP contribution in [0, 0.1) is 17.2 Å². The van der Waals surface area contributed by atoms with Crippen molar-refractivity contribution < 1.29 is 13.9 Å². The number of ether oxygens (including phenoxy) is 1. The Bertz CT molecular complexity index is 1220. The van der Waals surface area contributed by atoms with Crippen molar-refractivity contribution in [3.8, 4) is 0 Å². The smallest absolute Gasteiger partial charge is 0.159 e. The number of imidazole rings is 1. The summed E-state index contributed by atoms with van der Waals surface area (Å²) >= 11 is 0. The molecule has 0 unspecified atom stereocenters. The molecule has 4 rings (SSSR count). The highest BCUT2D eigenvalue weighted by atomic mass is 19.1. The van der Waals surface area contributed by atoms with Crippen LogP contribution in [0.5, 0.6) is 0 Å². The number of carbonyl (C=O) groups is 1. The third-order valence-electron chi connectivity index (χ3n) is 8.32. The average Bonchev–Trinajstić information content (AvgIpc) is 3.18. The predicted octanol–water partition coefficient (Wildman–Crippen LogP) is 5.94. The molecule has 0 bridgehead atoms. The molecule has 0 N–H and O–H groups in total. The molecule has 0 amide bonds. The highest BCUT2D eigenvalue weighted by molar-refractivity contribution is 5.80. The fraction of sp³-hybridized carbons (Fsp3) is 0.548. The van der Waals surface area contributed by atoms with E-state index in [1.165, 1.54) is 11.1 Å². The minimum atomic E-state index is -0.176. The molecule has 37 heavy (non-hydrogen) atoms. The van der Waals surface area contributed by atoms with Gasteiger partial charge < -0.3 is 14.2 Å². The zero-order valence-electron chi connectivity index (χ0n) is 23.1. The molecule has 3 aromatic rings. The van der Waals surface area contributed by atoms with Gasteiger partial charge in [-0.15, -0.1) is 0 Å². The maximum atomic E-state index is 14.0. The fourth-order valence-electron chi connectivity index (χ4n) is 6.65. The Morgan fingerprint density at radius 2 is 2.03 bits per heavy atom. The Morgan fingerprint density at radius 1 is 1.24 bits per heavy atom. The van der Waals surface area contributed by atoms with Crippen LogP contribution in [-0.4, -0.2) is 54.1 Å². The number of ketones is 1. The van der Waals surface area contributed by atoms with Gasteiger partial charge in [-0.3, -0.25) is 4.79 Å². The second kappa shape index (κ2) is 11.9. The average molecular weight is 508 g/mol. The van der Waals surface area contributed by atoms with Crippen LogP contribution >= 0.6 is 0 Å². The third kappa shape index (κ3) is 6.12. The number of benzene rings is 2. The zero-order valence-corrected chi connectivity index (χ0v) is 23.1. The lowest BCUT2D eigenvalue weighted by Gasteiger charge is -2.48. The van der Waals surface area contributed by atoms with Gasteiger partial charge in [-0.25, -0.2) is 9.37 Å². The number of hydrogen-bond acceptors (Lipinski definition) is 4.